The van der Waals surface area contributed by atoms with Crippen molar-refractivity contribution in [3.63, 3.8) is 0 Å². The maximum Gasteiger partial charge on any atom is 0.320 e. The predicted molar refractivity (Wildman–Crippen MR) is 124 cm³/mol. The third kappa shape index (κ3) is 4.45. The summed E-state index contributed by atoms with van der Waals surface area (Å²) in [6, 6.07) is 12.4. The summed E-state index contributed by atoms with van der Waals surface area (Å²) in [6.07, 6.45) is 0. The molecule has 4 aliphatic rings. The number of amides is 2. The normalized spacial score (nSPS) is 20.1. The lowest BCUT2D eigenvalue weighted by molar-refractivity contribution is 0.0870. The van der Waals surface area contributed by atoms with Gasteiger partial charge in [0.25, 0.3) is 0 Å². The Morgan fingerprint density at radius 2 is 1.00 bits per heavy atom. The monoisotopic (exact) mass is 466 g/mol. The van der Waals surface area contributed by atoms with E-state index in [9.17, 15) is 4.79 Å². The van der Waals surface area contributed by atoms with Gasteiger partial charge in [0.15, 0.2) is 23.0 Å². The van der Waals surface area contributed by atoms with Crippen molar-refractivity contribution in [2.45, 2.75) is 13.1 Å². The summed E-state index contributed by atoms with van der Waals surface area (Å²) in [5, 5.41) is 0. The van der Waals surface area contributed by atoms with E-state index in [1.54, 1.807) is 0 Å². The van der Waals surface area contributed by atoms with Crippen LogP contribution in [0.25, 0.3) is 0 Å². The largest absolute Gasteiger partial charge is 0.454 e. The SMILES string of the molecule is O=C(N1CCN(Cc2ccc3c(c2)OCO3)CC1)N1CCN(Cc2ccc3c(c2)OCO3)CC1. The summed E-state index contributed by atoms with van der Waals surface area (Å²) in [6.45, 7) is 8.89. The van der Waals surface area contributed by atoms with Gasteiger partial charge in [-0.25, -0.2) is 4.79 Å². The van der Waals surface area contributed by atoms with Gasteiger partial charge in [0.05, 0.1) is 0 Å². The van der Waals surface area contributed by atoms with Gasteiger partial charge in [-0.3, -0.25) is 9.80 Å². The maximum atomic E-state index is 13.1. The highest BCUT2D eigenvalue weighted by atomic mass is 16.7. The minimum Gasteiger partial charge on any atom is -0.454 e. The maximum absolute atomic E-state index is 13.1. The number of benzene rings is 2. The van der Waals surface area contributed by atoms with Gasteiger partial charge in [-0.15, -0.1) is 0 Å². The van der Waals surface area contributed by atoms with E-state index in [1.807, 2.05) is 21.9 Å². The van der Waals surface area contributed by atoms with E-state index in [4.69, 9.17) is 18.9 Å². The lowest BCUT2D eigenvalue weighted by Crippen LogP contribution is -2.56. The van der Waals surface area contributed by atoms with Crippen molar-refractivity contribution in [3.05, 3.63) is 47.5 Å². The molecule has 0 N–H and O–H groups in total. The van der Waals surface area contributed by atoms with Crippen molar-refractivity contribution in [2.75, 3.05) is 65.9 Å². The Balaban J connectivity index is 0.954. The summed E-state index contributed by atoms with van der Waals surface area (Å²) in [7, 11) is 0. The van der Waals surface area contributed by atoms with Crippen LogP contribution >= 0.6 is 0 Å². The molecule has 0 saturated carbocycles. The molecule has 0 aliphatic carbocycles. The van der Waals surface area contributed by atoms with Crippen LogP contribution in [0.3, 0.4) is 0 Å². The molecular formula is C25H30N4O5. The van der Waals surface area contributed by atoms with Crippen LogP contribution < -0.4 is 18.9 Å². The second kappa shape index (κ2) is 9.23. The second-order valence-electron chi connectivity index (χ2n) is 9.18. The number of urea groups is 1. The molecule has 4 heterocycles. The molecular weight excluding hydrogens is 436 g/mol. The molecule has 0 bridgehead atoms. The highest BCUT2D eigenvalue weighted by Crippen LogP contribution is 2.34. The highest BCUT2D eigenvalue weighted by Gasteiger charge is 2.28. The molecule has 0 aromatic heterocycles. The third-order valence-corrected chi connectivity index (χ3v) is 6.97. The summed E-state index contributed by atoms with van der Waals surface area (Å²) >= 11 is 0. The molecule has 2 fully saturated rings. The number of rotatable bonds is 4. The fourth-order valence-electron chi connectivity index (χ4n) is 4.99. The van der Waals surface area contributed by atoms with Gasteiger partial charge < -0.3 is 28.7 Å². The van der Waals surface area contributed by atoms with E-state index in [0.717, 1.165) is 88.4 Å². The van der Waals surface area contributed by atoms with Crippen LogP contribution in [-0.4, -0.2) is 91.6 Å². The zero-order valence-electron chi connectivity index (χ0n) is 19.3. The molecule has 6 rings (SSSR count). The van der Waals surface area contributed by atoms with Gasteiger partial charge >= 0.3 is 6.03 Å². The van der Waals surface area contributed by atoms with Crippen LogP contribution in [0.15, 0.2) is 36.4 Å². The average molecular weight is 467 g/mol. The van der Waals surface area contributed by atoms with Gasteiger partial charge in [-0.1, -0.05) is 12.1 Å². The molecule has 0 radical (unpaired) electrons. The zero-order valence-corrected chi connectivity index (χ0v) is 19.3. The van der Waals surface area contributed by atoms with Gasteiger partial charge in [-0.05, 0) is 35.4 Å². The molecule has 0 unspecified atom stereocenters. The number of carbonyl (C=O) groups excluding carboxylic acids is 1. The molecule has 9 nitrogen and oxygen atoms in total. The summed E-state index contributed by atoms with van der Waals surface area (Å²) in [4.78, 5) is 21.9. The van der Waals surface area contributed by atoms with Gasteiger partial charge in [0.1, 0.15) is 0 Å². The van der Waals surface area contributed by atoms with Crippen LogP contribution in [0.2, 0.25) is 0 Å². The number of carbonyl (C=O) groups is 1. The first-order valence-electron chi connectivity index (χ1n) is 12.0. The van der Waals surface area contributed by atoms with Crippen LogP contribution in [-0.2, 0) is 13.1 Å². The fraction of sp³-hybridized carbons (Fsp3) is 0.480. The Morgan fingerprint density at radius 3 is 1.44 bits per heavy atom. The standard InChI is InChI=1S/C25H30N4O5/c30-25(28-9-5-26(6-10-28)15-19-1-3-21-23(13-19)33-17-31-21)29-11-7-27(8-12-29)16-20-2-4-22-24(14-20)34-18-32-22/h1-4,13-14H,5-12,15-18H2. The quantitative estimate of drug-likeness (QED) is 0.685. The van der Waals surface area contributed by atoms with E-state index >= 15 is 0 Å². The third-order valence-electron chi connectivity index (χ3n) is 6.97. The van der Waals surface area contributed by atoms with E-state index in [0.29, 0.717) is 13.6 Å². The van der Waals surface area contributed by atoms with Gasteiger partial charge in [0, 0.05) is 65.4 Å². The van der Waals surface area contributed by atoms with Crippen molar-refractivity contribution in [1.82, 2.24) is 19.6 Å². The number of nitrogens with zero attached hydrogens (tertiary/aromatic N) is 4. The van der Waals surface area contributed by atoms with Crippen LogP contribution in [0.4, 0.5) is 4.79 Å². The molecule has 2 aromatic rings. The lowest BCUT2D eigenvalue weighted by Gasteiger charge is -2.40. The number of hydrogen-bond donors (Lipinski definition) is 0. The minimum atomic E-state index is 0.172. The van der Waals surface area contributed by atoms with Crippen LogP contribution in [0.1, 0.15) is 11.1 Å². The van der Waals surface area contributed by atoms with Crippen molar-refractivity contribution in [2.24, 2.45) is 0 Å². The Morgan fingerprint density at radius 1 is 0.588 bits per heavy atom. The predicted octanol–water partition coefficient (Wildman–Crippen LogP) is 2.20. The van der Waals surface area contributed by atoms with Crippen molar-refractivity contribution in [1.29, 1.82) is 0 Å². The van der Waals surface area contributed by atoms with Crippen molar-refractivity contribution >= 4 is 6.03 Å². The Bertz CT molecular complexity index is 966. The first-order valence-corrected chi connectivity index (χ1v) is 12.0. The zero-order chi connectivity index (χ0) is 22.9. The number of hydrogen-bond acceptors (Lipinski definition) is 7. The molecule has 9 heteroatoms. The summed E-state index contributed by atoms with van der Waals surface area (Å²) < 4.78 is 21.8. The molecule has 180 valence electrons. The molecule has 2 amide bonds. The van der Waals surface area contributed by atoms with E-state index in [2.05, 4.69) is 34.1 Å². The number of ether oxygens (including phenoxy) is 4. The number of piperazine rings is 2. The van der Waals surface area contributed by atoms with E-state index in [1.165, 1.54) is 11.1 Å². The highest BCUT2D eigenvalue weighted by molar-refractivity contribution is 5.74. The molecule has 0 spiro atoms. The Labute approximate surface area is 199 Å². The van der Waals surface area contributed by atoms with Crippen LogP contribution in [0, 0.1) is 0 Å². The molecule has 34 heavy (non-hydrogen) atoms. The van der Waals surface area contributed by atoms with Crippen LogP contribution in [0.5, 0.6) is 23.0 Å². The van der Waals surface area contributed by atoms with Gasteiger partial charge in [0.2, 0.25) is 13.6 Å². The molecule has 0 atom stereocenters. The first kappa shape index (κ1) is 21.4. The lowest BCUT2D eigenvalue weighted by atomic mass is 10.1. The van der Waals surface area contributed by atoms with Crippen molar-refractivity contribution < 1.29 is 23.7 Å². The summed E-state index contributed by atoms with van der Waals surface area (Å²) in [5.41, 5.74) is 2.42. The topological polar surface area (TPSA) is 67.0 Å². The fourth-order valence-corrected chi connectivity index (χ4v) is 4.99. The Kier molecular flexibility index (Phi) is 5.80. The molecule has 2 saturated heterocycles. The average Bonchev–Trinajstić information content (AvgIpc) is 3.53. The second-order valence-corrected chi connectivity index (χ2v) is 9.18. The number of fused-ring (bicyclic) bond motifs is 2. The van der Waals surface area contributed by atoms with Crippen molar-refractivity contribution in [3.8, 4) is 23.0 Å². The molecule has 2 aromatic carbocycles. The smallest absolute Gasteiger partial charge is 0.320 e. The summed E-state index contributed by atoms with van der Waals surface area (Å²) in [5.74, 6) is 3.28. The Hall–Kier alpha value is -3.17. The minimum absolute atomic E-state index is 0.172. The first-order chi connectivity index (χ1) is 16.7. The van der Waals surface area contributed by atoms with E-state index in [-0.39, 0.29) is 6.03 Å². The van der Waals surface area contributed by atoms with Gasteiger partial charge in [-0.2, -0.15) is 0 Å². The van der Waals surface area contributed by atoms with E-state index < -0.39 is 0 Å². The molecule has 4 aliphatic heterocycles.